The predicted octanol–water partition coefficient (Wildman–Crippen LogP) is 5.68. The van der Waals surface area contributed by atoms with Gasteiger partial charge in [-0.25, -0.2) is 14.4 Å². The maximum Gasteiger partial charge on any atom is 0.178 e. The highest BCUT2D eigenvalue weighted by Gasteiger charge is 2.16. The summed E-state index contributed by atoms with van der Waals surface area (Å²) < 4.78 is 14.0. The molecule has 0 saturated heterocycles. The lowest BCUT2D eigenvalue weighted by molar-refractivity contribution is 0.627. The smallest absolute Gasteiger partial charge is 0.178 e. The van der Waals surface area contributed by atoms with Crippen LogP contribution in [-0.4, -0.2) is 30.1 Å². The van der Waals surface area contributed by atoms with E-state index in [0.717, 1.165) is 44.2 Å². The number of aryl methyl sites for hydroxylation is 1. The van der Waals surface area contributed by atoms with Gasteiger partial charge in [0.15, 0.2) is 11.5 Å². The Labute approximate surface area is 182 Å². The maximum absolute atomic E-state index is 14.0. The SMILES string of the molecule is Cc1cc(F)cc(-c2ccnc3nc(-c4n[nH]c5ccc(-c6cccnc6)cc45)[nH]c23)c1. The molecule has 2 N–H and O–H groups in total. The third-order valence-electron chi connectivity index (χ3n) is 5.53. The van der Waals surface area contributed by atoms with Gasteiger partial charge in [0.25, 0.3) is 0 Å². The van der Waals surface area contributed by atoms with Crippen molar-refractivity contribution in [2.45, 2.75) is 6.92 Å². The van der Waals surface area contributed by atoms with Crippen molar-refractivity contribution < 1.29 is 4.39 Å². The van der Waals surface area contributed by atoms with Gasteiger partial charge in [0.2, 0.25) is 0 Å². The van der Waals surface area contributed by atoms with E-state index in [1.165, 1.54) is 12.1 Å². The van der Waals surface area contributed by atoms with E-state index in [2.05, 4.69) is 36.2 Å². The van der Waals surface area contributed by atoms with Gasteiger partial charge in [-0.15, -0.1) is 0 Å². The average molecular weight is 420 g/mol. The topological polar surface area (TPSA) is 83.1 Å². The molecule has 0 saturated carbocycles. The number of H-pyrrole nitrogens is 2. The van der Waals surface area contributed by atoms with Crippen molar-refractivity contribution >= 4 is 22.1 Å². The van der Waals surface area contributed by atoms with Crippen LogP contribution >= 0.6 is 0 Å². The fraction of sp³-hybridized carbons (Fsp3) is 0.0400. The van der Waals surface area contributed by atoms with Crippen molar-refractivity contribution in [3.63, 3.8) is 0 Å². The Hall–Kier alpha value is -4.39. The summed E-state index contributed by atoms with van der Waals surface area (Å²) >= 11 is 0. The largest absolute Gasteiger partial charge is 0.335 e. The van der Waals surface area contributed by atoms with Crippen molar-refractivity contribution in [3.8, 4) is 33.8 Å². The van der Waals surface area contributed by atoms with Crippen molar-refractivity contribution in [3.05, 3.63) is 84.6 Å². The zero-order valence-electron chi connectivity index (χ0n) is 17.1. The van der Waals surface area contributed by atoms with E-state index in [-0.39, 0.29) is 5.82 Å². The molecule has 0 bridgehead atoms. The molecule has 32 heavy (non-hydrogen) atoms. The first-order valence-corrected chi connectivity index (χ1v) is 10.2. The molecule has 4 aromatic heterocycles. The molecule has 0 aliphatic carbocycles. The van der Waals surface area contributed by atoms with E-state index in [9.17, 15) is 4.39 Å². The summed E-state index contributed by atoms with van der Waals surface area (Å²) in [5.41, 5.74) is 7.43. The number of nitrogens with one attached hydrogen (secondary N) is 2. The fourth-order valence-corrected chi connectivity index (χ4v) is 4.06. The Morgan fingerprint density at radius 1 is 0.906 bits per heavy atom. The summed E-state index contributed by atoms with van der Waals surface area (Å²) in [6, 6.07) is 16.9. The summed E-state index contributed by atoms with van der Waals surface area (Å²) in [7, 11) is 0. The Bertz CT molecular complexity index is 1580. The number of rotatable bonds is 3. The van der Waals surface area contributed by atoms with Crippen molar-refractivity contribution in [2.75, 3.05) is 0 Å². The molecule has 0 atom stereocenters. The number of imidazole rings is 1. The number of hydrogen-bond acceptors (Lipinski definition) is 4. The first-order valence-electron chi connectivity index (χ1n) is 10.2. The number of nitrogens with zero attached hydrogens (tertiary/aromatic N) is 4. The molecule has 0 spiro atoms. The quantitative estimate of drug-likeness (QED) is 0.386. The second kappa shape index (κ2) is 7.09. The number of hydrogen-bond donors (Lipinski definition) is 2. The van der Waals surface area contributed by atoms with E-state index in [4.69, 9.17) is 0 Å². The summed E-state index contributed by atoms with van der Waals surface area (Å²) in [5.74, 6) is 0.327. The van der Waals surface area contributed by atoms with Gasteiger partial charge in [0, 0.05) is 35.1 Å². The van der Waals surface area contributed by atoms with E-state index in [1.807, 2.05) is 49.5 Å². The molecule has 0 amide bonds. The van der Waals surface area contributed by atoms with Crippen LogP contribution in [-0.2, 0) is 0 Å². The molecule has 7 heteroatoms. The molecule has 0 unspecified atom stereocenters. The van der Waals surface area contributed by atoms with Crippen LogP contribution in [0.4, 0.5) is 4.39 Å². The van der Waals surface area contributed by atoms with Crippen molar-refractivity contribution in [1.82, 2.24) is 30.1 Å². The number of pyridine rings is 2. The van der Waals surface area contributed by atoms with Gasteiger partial charge in [-0.05, 0) is 60.0 Å². The van der Waals surface area contributed by atoms with Crippen LogP contribution in [0.1, 0.15) is 5.56 Å². The highest BCUT2D eigenvalue weighted by atomic mass is 19.1. The molecule has 6 aromatic rings. The van der Waals surface area contributed by atoms with Crippen LogP contribution in [0, 0.1) is 12.7 Å². The lowest BCUT2D eigenvalue weighted by Crippen LogP contribution is -1.86. The zero-order valence-corrected chi connectivity index (χ0v) is 17.1. The minimum absolute atomic E-state index is 0.272. The van der Waals surface area contributed by atoms with Crippen molar-refractivity contribution in [1.29, 1.82) is 0 Å². The Morgan fingerprint density at radius 2 is 1.84 bits per heavy atom. The highest BCUT2D eigenvalue weighted by molar-refractivity contribution is 5.97. The van der Waals surface area contributed by atoms with Crippen molar-refractivity contribution in [2.24, 2.45) is 0 Å². The molecule has 2 aromatic carbocycles. The summed E-state index contributed by atoms with van der Waals surface area (Å²) in [6.45, 7) is 1.87. The van der Waals surface area contributed by atoms with Crippen LogP contribution < -0.4 is 0 Å². The molecule has 154 valence electrons. The lowest BCUT2D eigenvalue weighted by atomic mass is 10.0. The molecular formula is C25H17FN6. The molecular weight excluding hydrogens is 403 g/mol. The van der Waals surface area contributed by atoms with Gasteiger partial charge in [0.1, 0.15) is 11.5 Å². The third-order valence-corrected chi connectivity index (χ3v) is 5.53. The Kier molecular flexibility index (Phi) is 4.07. The van der Waals surface area contributed by atoms with E-state index < -0.39 is 0 Å². The molecule has 4 heterocycles. The van der Waals surface area contributed by atoms with Gasteiger partial charge in [0.05, 0.1) is 11.0 Å². The molecule has 0 aliphatic heterocycles. The zero-order chi connectivity index (χ0) is 21.7. The van der Waals surface area contributed by atoms with Crippen LogP contribution in [0.15, 0.2) is 73.2 Å². The van der Waals surface area contributed by atoms with Gasteiger partial charge >= 0.3 is 0 Å². The van der Waals surface area contributed by atoms with E-state index >= 15 is 0 Å². The van der Waals surface area contributed by atoms with Crippen LogP contribution in [0.5, 0.6) is 0 Å². The second-order valence-corrected chi connectivity index (χ2v) is 7.73. The summed E-state index contributed by atoms with van der Waals surface area (Å²) in [4.78, 5) is 16.7. The van der Waals surface area contributed by atoms with Gasteiger partial charge in [-0.2, -0.15) is 5.10 Å². The average Bonchev–Trinajstić information content (AvgIpc) is 3.42. The summed E-state index contributed by atoms with van der Waals surface area (Å²) in [6.07, 6.45) is 5.27. The summed E-state index contributed by atoms with van der Waals surface area (Å²) in [5, 5.41) is 8.52. The van der Waals surface area contributed by atoms with E-state index in [0.29, 0.717) is 17.2 Å². The number of benzene rings is 2. The maximum atomic E-state index is 14.0. The van der Waals surface area contributed by atoms with Gasteiger partial charge in [-0.1, -0.05) is 18.2 Å². The minimum Gasteiger partial charge on any atom is -0.335 e. The standard InChI is InChI=1S/C25H17FN6/c1-14-9-17(11-18(26)10-14)19-6-8-28-24-22(19)29-25(30-24)23-20-12-15(4-5-21(20)31-32-23)16-3-2-7-27-13-16/h2-13H,1H3,(H,31,32)(H,28,29,30). The third kappa shape index (κ3) is 3.02. The Morgan fingerprint density at radius 3 is 2.69 bits per heavy atom. The van der Waals surface area contributed by atoms with Crippen LogP contribution in [0.2, 0.25) is 0 Å². The molecule has 0 aliphatic rings. The monoisotopic (exact) mass is 420 g/mol. The lowest BCUT2D eigenvalue weighted by Gasteiger charge is -2.04. The van der Waals surface area contributed by atoms with Crippen LogP contribution in [0.3, 0.4) is 0 Å². The Balaban J connectivity index is 1.52. The van der Waals surface area contributed by atoms with Gasteiger partial charge in [-0.3, -0.25) is 10.1 Å². The molecule has 6 rings (SSSR count). The van der Waals surface area contributed by atoms with E-state index in [1.54, 1.807) is 12.4 Å². The molecule has 0 radical (unpaired) electrons. The number of fused-ring (bicyclic) bond motifs is 2. The second-order valence-electron chi connectivity index (χ2n) is 7.73. The van der Waals surface area contributed by atoms with Crippen LogP contribution in [0.25, 0.3) is 55.8 Å². The minimum atomic E-state index is -0.272. The molecule has 0 fully saturated rings. The van der Waals surface area contributed by atoms with Gasteiger partial charge < -0.3 is 4.98 Å². The number of halogens is 1. The first-order chi connectivity index (χ1) is 15.7. The number of aromatic amines is 2. The normalized spacial score (nSPS) is 11.4. The molecule has 6 nitrogen and oxygen atoms in total. The predicted molar refractivity (Wildman–Crippen MR) is 122 cm³/mol. The fourth-order valence-electron chi connectivity index (χ4n) is 4.06. The number of aromatic nitrogens is 6. The highest BCUT2D eigenvalue weighted by Crippen LogP contribution is 2.32. The first kappa shape index (κ1) is 18.4.